The number of hydrogen-bond acceptors (Lipinski definition) is 2. The van der Waals surface area contributed by atoms with Crippen molar-refractivity contribution in [2.24, 2.45) is 0 Å². The van der Waals surface area contributed by atoms with Crippen LogP contribution in [0, 0.1) is 0 Å². The zero-order valence-electron chi connectivity index (χ0n) is 9.09. The van der Waals surface area contributed by atoms with Crippen molar-refractivity contribution < 1.29 is 9.53 Å². The molecule has 0 amide bonds. The molecule has 0 N–H and O–H groups in total. The van der Waals surface area contributed by atoms with E-state index in [1.54, 1.807) is 6.07 Å². The molecule has 0 saturated carbocycles. The number of hydrogen-bond donors (Lipinski definition) is 0. The van der Waals surface area contributed by atoms with Gasteiger partial charge in [0.25, 0.3) is 0 Å². The predicted molar refractivity (Wildman–Crippen MR) is 61.3 cm³/mol. The van der Waals surface area contributed by atoms with Gasteiger partial charge in [0, 0.05) is 18.9 Å². The third kappa shape index (κ3) is 2.14. The maximum absolute atomic E-state index is 11.5. The van der Waals surface area contributed by atoms with E-state index in [4.69, 9.17) is 4.74 Å². The fraction of sp³-hybridized carbons (Fsp3) is 0.154. The molecule has 1 heterocycles. The standard InChI is InChI=1S/C13H13NO2/c1-16-13(15)12-7-3-2-6-11(12)10-14-8-4-5-9-14/h2-9H,10H2,1H3. The van der Waals surface area contributed by atoms with Crippen LogP contribution in [0.1, 0.15) is 15.9 Å². The molecule has 0 unspecified atom stereocenters. The van der Waals surface area contributed by atoms with Crippen LogP contribution in [-0.2, 0) is 11.3 Å². The summed E-state index contributed by atoms with van der Waals surface area (Å²) in [5, 5.41) is 0. The van der Waals surface area contributed by atoms with Crippen LogP contribution in [0.15, 0.2) is 48.8 Å². The van der Waals surface area contributed by atoms with Crippen LogP contribution in [-0.4, -0.2) is 17.6 Å². The van der Waals surface area contributed by atoms with Crippen molar-refractivity contribution in [2.75, 3.05) is 7.11 Å². The zero-order chi connectivity index (χ0) is 11.4. The van der Waals surface area contributed by atoms with Crippen LogP contribution in [0.2, 0.25) is 0 Å². The topological polar surface area (TPSA) is 31.2 Å². The lowest BCUT2D eigenvalue weighted by Gasteiger charge is -2.08. The first-order chi connectivity index (χ1) is 7.81. The van der Waals surface area contributed by atoms with E-state index in [0.29, 0.717) is 12.1 Å². The van der Waals surface area contributed by atoms with Gasteiger partial charge < -0.3 is 9.30 Å². The molecule has 82 valence electrons. The fourth-order valence-electron chi connectivity index (χ4n) is 1.64. The number of carbonyl (C=O) groups is 1. The summed E-state index contributed by atoms with van der Waals surface area (Å²) in [6.07, 6.45) is 3.93. The number of aromatic nitrogens is 1. The first-order valence-corrected chi connectivity index (χ1v) is 5.08. The minimum atomic E-state index is -0.289. The van der Waals surface area contributed by atoms with Gasteiger partial charge in [0.05, 0.1) is 12.7 Å². The zero-order valence-corrected chi connectivity index (χ0v) is 9.09. The van der Waals surface area contributed by atoms with Crippen LogP contribution in [0.4, 0.5) is 0 Å². The van der Waals surface area contributed by atoms with Gasteiger partial charge in [-0.25, -0.2) is 4.79 Å². The molecule has 2 aromatic rings. The largest absolute Gasteiger partial charge is 0.465 e. The van der Waals surface area contributed by atoms with Crippen LogP contribution in [0.3, 0.4) is 0 Å². The van der Waals surface area contributed by atoms with E-state index in [-0.39, 0.29) is 5.97 Å². The number of nitrogens with zero attached hydrogens (tertiary/aromatic N) is 1. The summed E-state index contributed by atoms with van der Waals surface area (Å²) in [5.41, 5.74) is 1.59. The van der Waals surface area contributed by atoms with E-state index in [9.17, 15) is 4.79 Å². The van der Waals surface area contributed by atoms with Crippen LogP contribution >= 0.6 is 0 Å². The molecule has 0 aliphatic rings. The number of carbonyl (C=O) groups excluding carboxylic acids is 1. The SMILES string of the molecule is COC(=O)c1ccccc1Cn1cccc1. The van der Waals surface area contributed by atoms with Crippen molar-refractivity contribution in [3.05, 3.63) is 59.9 Å². The Bertz CT molecular complexity index is 474. The lowest BCUT2D eigenvalue weighted by molar-refractivity contribution is 0.0599. The van der Waals surface area contributed by atoms with Crippen molar-refractivity contribution in [1.82, 2.24) is 4.57 Å². The molecule has 3 heteroatoms. The third-order valence-corrected chi connectivity index (χ3v) is 2.44. The lowest BCUT2D eigenvalue weighted by Crippen LogP contribution is -2.08. The van der Waals surface area contributed by atoms with Crippen LogP contribution < -0.4 is 0 Å². The monoisotopic (exact) mass is 215 g/mol. The van der Waals surface area contributed by atoms with E-state index < -0.39 is 0 Å². The molecule has 16 heavy (non-hydrogen) atoms. The molecule has 3 nitrogen and oxygen atoms in total. The summed E-state index contributed by atoms with van der Waals surface area (Å²) in [7, 11) is 1.40. The molecule has 0 saturated heterocycles. The predicted octanol–water partition coefficient (Wildman–Crippen LogP) is 2.32. The number of methoxy groups -OCH3 is 1. The quantitative estimate of drug-likeness (QED) is 0.736. The van der Waals surface area contributed by atoms with E-state index >= 15 is 0 Å². The Hall–Kier alpha value is -2.03. The Labute approximate surface area is 94.3 Å². The van der Waals surface area contributed by atoms with Crippen LogP contribution in [0.25, 0.3) is 0 Å². The summed E-state index contributed by atoms with van der Waals surface area (Å²) in [6, 6.07) is 11.4. The van der Waals surface area contributed by atoms with Gasteiger partial charge in [0.1, 0.15) is 0 Å². The Kier molecular flexibility index (Phi) is 3.05. The van der Waals surface area contributed by atoms with Crippen molar-refractivity contribution in [2.45, 2.75) is 6.54 Å². The molecule has 0 aliphatic heterocycles. The first kappa shape index (κ1) is 10.5. The molecule has 2 rings (SSSR count). The van der Waals surface area contributed by atoms with Gasteiger partial charge in [-0.15, -0.1) is 0 Å². The van der Waals surface area contributed by atoms with Gasteiger partial charge in [-0.2, -0.15) is 0 Å². The highest BCUT2D eigenvalue weighted by molar-refractivity contribution is 5.90. The molecule has 0 bridgehead atoms. The second kappa shape index (κ2) is 4.66. The van der Waals surface area contributed by atoms with Gasteiger partial charge in [-0.1, -0.05) is 18.2 Å². The molecule has 1 aromatic heterocycles. The van der Waals surface area contributed by atoms with E-state index in [2.05, 4.69) is 0 Å². The minimum Gasteiger partial charge on any atom is -0.465 e. The number of ether oxygens (including phenoxy) is 1. The summed E-state index contributed by atoms with van der Waals surface area (Å²) in [5.74, 6) is -0.289. The highest BCUT2D eigenvalue weighted by Gasteiger charge is 2.10. The molecule has 1 aromatic carbocycles. The fourth-order valence-corrected chi connectivity index (χ4v) is 1.64. The minimum absolute atomic E-state index is 0.289. The van der Waals surface area contributed by atoms with E-state index in [1.807, 2.05) is 47.3 Å². The Morgan fingerprint density at radius 3 is 2.56 bits per heavy atom. The summed E-state index contributed by atoms with van der Waals surface area (Å²) in [4.78, 5) is 11.5. The maximum atomic E-state index is 11.5. The highest BCUT2D eigenvalue weighted by atomic mass is 16.5. The number of benzene rings is 1. The summed E-state index contributed by atoms with van der Waals surface area (Å²) >= 11 is 0. The highest BCUT2D eigenvalue weighted by Crippen LogP contribution is 2.11. The van der Waals surface area contributed by atoms with Crippen LogP contribution in [0.5, 0.6) is 0 Å². The molecular weight excluding hydrogens is 202 g/mol. The summed E-state index contributed by atoms with van der Waals surface area (Å²) < 4.78 is 6.76. The van der Waals surface area contributed by atoms with Gasteiger partial charge in [0.15, 0.2) is 0 Å². The van der Waals surface area contributed by atoms with Gasteiger partial charge in [-0.05, 0) is 23.8 Å². The lowest BCUT2D eigenvalue weighted by atomic mass is 10.1. The molecule has 0 atom stereocenters. The maximum Gasteiger partial charge on any atom is 0.338 e. The van der Waals surface area contributed by atoms with Crippen molar-refractivity contribution in [3.63, 3.8) is 0 Å². The van der Waals surface area contributed by atoms with E-state index in [1.165, 1.54) is 7.11 Å². The number of rotatable bonds is 3. The molecular formula is C13H13NO2. The van der Waals surface area contributed by atoms with Gasteiger partial charge in [-0.3, -0.25) is 0 Å². The first-order valence-electron chi connectivity index (χ1n) is 5.08. The second-order valence-electron chi connectivity index (χ2n) is 3.50. The van der Waals surface area contributed by atoms with Crippen molar-refractivity contribution in [3.8, 4) is 0 Å². The normalized spacial score (nSPS) is 10.1. The average molecular weight is 215 g/mol. The molecule has 0 radical (unpaired) electrons. The van der Waals surface area contributed by atoms with Gasteiger partial charge in [0.2, 0.25) is 0 Å². The van der Waals surface area contributed by atoms with Gasteiger partial charge >= 0.3 is 5.97 Å². The molecule has 0 aliphatic carbocycles. The molecule has 0 fully saturated rings. The Morgan fingerprint density at radius 1 is 1.19 bits per heavy atom. The van der Waals surface area contributed by atoms with Crippen molar-refractivity contribution >= 4 is 5.97 Å². The Morgan fingerprint density at radius 2 is 1.88 bits per heavy atom. The van der Waals surface area contributed by atoms with E-state index in [0.717, 1.165) is 5.56 Å². The Balaban J connectivity index is 2.30. The third-order valence-electron chi connectivity index (χ3n) is 2.44. The second-order valence-corrected chi connectivity index (χ2v) is 3.50. The van der Waals surface area contributed by atoms with Crippen molar-refractivity contribution in [1.29, 1.82) is 0 Å². The smallest absolute Gasteiger partial charge is 0.338 e. The number of esters is 1. The summed E-state index contributed by atoms with van der Waals surface area (Å²) in [6.45, 7) is 0.679. The average Bonchev–Trinajstić information content (AvgIpc) is 2.82. The molecule has 0 spiro atoms.